The molecule has 1 aromatic heterocycles. The fourth-order valence-corrected chi connectivity index (χ4v) is 2.65. The van der Waals surface area contributed by atoms with Gasteiger partial charge in [-0.15, -0.1) is 0 Å². The number of hydrogen-bond acceptors (Lipinski definition) is 4. The maximum atomic E-state index is 12.4. The first kappa shape index (κ1) is 18.1. The third-order valence-corrected chi connectivity index (χ3v) is 4.24. The van der Waals surface area contributed by atoms with Crippen molar-refractivity contribution in [3.63, 3.8) is 0 Å². The standard InChI is InChI=1S/C16H18BrN3O4/c1-10(16(23)24)8-19(2)14(21)5-6-20-9-18-13-4-3-11(17)7-12(13)15(20)22/h3-4,7,9-10H,5-6,8H2,1-2H3,(H,23,24). The molecule has 0 fully saturated rings. The summed E-state index contributed by atoms with van der Waals surface area (Å²) in [5.74, 6) is -1.80. The number of aromatic nitrogens is 2. The van der Waals surface area contributed by atoms with Gasteiger partial charge in [0.05, 0.1) is 23.1 Å². The second kappa shape index (κ2) is 7.57. The van der Waals surface area contributed by atoms with Gasteiger partial charge in [-0.2, -0.15) is 0 Å². The summed E-state index contributed by atoms with van der Waals surface area (Å²) in [7, 11) is 1.56. The van der Waals surface area contributed by atoms with E-state index in [1.54, 1.807) is 32.2 Å². The number of aliphatic carboxylic acids is 1. The molecular formula is C16H18BrN3O4. The lowest BCUT2D eigenvalue weighted by molar-refractivity contribution is -0.142. The van der Waals surface area contributed by atoms with E-state index in [4.69, 9.17) is 5.11 Å². The quantitative estimate of drug-likeness (QED) is 0.803. The van der Waals surface area contributed by atoms with Crippen LogP contribution in [0.2, 0.25) is 0 Å². The predicted octanol–water partition coefficient (Wildman–Crippen LogP) is 1.73. The zero-order valence-corrected chi connectivity index (χ0v) is 15.0. The lowest BCUT2D eigenvalue weighted by Crippen LogP contribution is -2.34. The molecule has 1 heterocycles. The summed E-state index contributed by atoms with van der Waals surface area (Å²) in [5.41, 5.74) is 0.383. The van der Waals surface area contributed by atoms with E-state index >= 15 is 0 Å². The number of hydrogen-bond donors (Lipinski definition) is 1. The van der Waals surface area contributed by atoms with Gasteiger partial charge in [0.15, 0.2) is 0 Å². The first-order valence-electron chi connectivity index (χ1n) is 7.41. The summed E-state index contributed by atoms with van der Waals surface area (Å²) in [4.78, 5) is 40.9. The molecule has 0 saturated carbocycles. The van der Waals surface area contributed by atoms with Gasteiger partial charge in [0.1, 0.15) is 0 Å². The molecule has 1 atom stereocenters. The number of carbonyl (C=O) groups excluding carboxylic acids is 1. The van der Waals surface area contributed by atoms with Crippen LogP contribution in [0.4, 0.5) is 0 Å². The molecule has 0 radical (unpaired) electrons. The highest BCUT2D eigenvalue weighted by atomic mass is 79.9. The Labute approximate surface area is 147 Å². The first-order valence-corrected chi connectivity index (χ1v) is 8.20. The van der Waals surface area contributed by atoms with E-state index in [1.165, 1.54) is 15.8 Å². The van der Waals surface area contributed by atoms with Gasteiger partial charge in [0, 0.05) is 31.0 Å². The topological polar surface area (TPSA) is 92.5 Å². The predicted molar refractivity (Wildman–Crippen MR) is 92.8 cm³/mol. The van der Waals surface area contributed by atoms with Gasteiger partial charge in [-0.1, -0.05) is 22.9 Å². The fourth-order valence-electron chi connectivity index (χ4n) is 2.29. The molecule has 2 aromatic rings. The number of amides is 1. The number of aryl methyl sites for hydroxylation is 1. The second-order valence-corrected chi connectivity index (χ2v) is 6.58. The third-order valence-electron chi connectivity index (χ3n) is 3.75. The Bertz CT molecular complexity index is 834. The average Bonchev–Trinajstić information content (AvgIpc) is 2.54. The molecule has 128 valence electrons. The van der Waals surface area contributed by atoms with Crippen molar-refractivity contribution in [1.29, 1.82) is 0 Å². The van der Waals surface area contributed by atoms with Crippen molar-refractivity contribution in [2.24, 2.45) is 5.92 Å². The van der Waals surface area contributed by atoms with E-state index in [1.807, 2.05) is 0 Å². The van der Waals surface area contributed by atoms with E-state index in [0.29, 0.717) is 10.9 Å². The molecule has 1 N–H and O–H groups in total. The molecule has 0 aliphatic rings. The Kier molecular flexibility index (Phi) is 5.71. The summed E-state index contributed by atoms with van der Waals surface area (Å²) in [6, 6.07) is 5.25. The molecule has 24 heavy (non-hydrogen) atoms. The van der Waals surface area contributed by atoms with Crippen LogP contribution in [-0.2, 0) is 16.1 Å². The number of rotatable bonds is 6. The Morgan fingerprint density at radius 2 is 2.12 bits per heavy atom. The van der Waals surface area contributed by atoms with Crippen LogP contribution in [-0.4, -0.2) is 45.0 Å². The van der Waals surface area contributed by atoms with Gasteiger partial charge in [0.25, 0.3) is 5.56 Å². The number of carbonyl (C=O) groups is 2. The van der Waals surface area contributed by atoms with Crippen LogP contribution in [0.3, 0.4) is 0 Å². The summed E-state index contributed by atoms with van der Waals surface area (Å²) >= 11 is 3.32. The lowest BCUT2D eigenvalue weighted by Gasteiger charge is -2.19. The summed E-state index contributed by atoms with van der Waals surface area (Å²) in [6.45, 7) is 1.87. The average molecular weight is 396 g/mol. The number of benzene rings is 1. The lowest BCUT2D eigenvalue weighted by atomic mass is 10.1. The molecule has 0 spiro atoms. The van der Waals surface area contributed by atoms with Crippen LogP contribution in [0.25, 0.3) is 10.9 Å². The Hall–Kier alpha value is -2.22. The number of nitrogens with zero attached hydrogens (tertiary/aromatic N) is 3. The molecule has 0 aliphatic carbocycles. The highest BCUT2D eigenvalue weighted by molar-refractivity contribution is 9.10. The van der Waals surface area contributed by atoms with Gasteiger partial charge < -0.3 is 10.0 Å². The second-order valence-electron chi connectivity index (χ2n) is 5.67. The zero-order chi connectivity index (χ0) is 17.9. The zero-order valence-electron chi connectivity index (χ0n) is 13.4. The minimum atomic E-state index is -0.949. The summed E-state index contributed by atoms with van der Waals surface area (Å²) < 4.78 is 2.17. The number of fused-ring (bicyclic) bond motifs is 1. The number of carboxylic acid groups (broad SMARTS) is 1. The molecule has 7 nitrogen and oxygen atoms in total. The Balaban J connectivity index is 2.08. The van der Waals surface area contributed by atoms with Crippen LogP contribution in [0.15, 0.2) is 33.8 Å². The molecular weight excluding hydrogens is 378 g/mol. The molecule has 1 unspecified atom stereocenters. The number of halogens is 1. The molecule has 2 rings (SSSR count). The molecule has 1 amide bonds. The smallest absolute Gasteiger partial charge is 0.308 e. The molecule has 0 saturated heterocycles. The fraction of sp³-hybridized carbons (Fsp3) is 0.375. The minimum absolute atomic E-state index is 0.101. The molecule has 0 bridgehead atoms. The van der Waals surface area contributed by atoms with Crippen molar-refractivity contribution in [2.45, 2.75) is 19.9 Å². The van der Waals surface area contributed by atoms with Crippen molar-refractivity contribution >= 4 is 38.7 Å². The van der Waals surface area contributed by atoms with E-state index in [0.717, 1.165) is 4.47 Å². The van der Waals surface area contributed by atoms with Crippen molar-refractivity contribution in [2.75, 3.05) is 13.6 Å². The Morgan fingerprint density at radius 1 is 1.42 bits per heavy atom. The highest BCUT2D eigenvalue weighted by Gasteiger charge is 2.17. The van der Waals surface area contributed by atoms with Crippen LogP contribution in [0.1, 0.15) is 13.3 Å². The molecule has 0 aliphatic heterocycles. The van der Waals surface area contributed by atoms with Gasteiger partial charge >= 0.3 is 5.97 Å². The molecule has 8 heteroatoms. The summed E-state index contributed by atoms with van der Waals surface area (Å²) in [5, 5.41) is 9.36. The largest absolute Gasteiger partial charge is 0.481 e. The maximum Gasteiger partial charge on any atom is 0.308 e. The SMILES string of the molecule is CC(CN(C)C(=O)CCn1cnc2ccc(Br)cc2c1=O)C(=O)O. The first-order chi connectivity index (χ1) is 11.3. The van der Waals surface area contributed by atoms with Crippen LogP contribution >= 0.6 is 15.9 Å². The Morgan fingerprint density at radius 3 is 2.79 bits per heavy atom. The van der Waals surface area contributed by atoms with Gasteiger partial charge in [-0.05, 0) is 18.2 Å². The monoisotopic (exact) mass is 395 g/mol. The van der Waals surface area contributed by atoms with Crippen LogP contribution in [0.5, 0.6) is 0 Å². The minimum Gasteiger partial charge on any atom is -0.481 e. The van der Waals surface area contributed by atoms with Crippen molar-refractivity contribution < 1.29 is 14.7 Å². The molecule has 1 aromatic carbocycles. The normalized spacial score (nSPS) is 12.1. The number of carboxylic acids is 1. The van der Waals surface area contributed by atoms with E-state index in [-0.39, 0.29) is 31.0 Å². The highest BCUT2D eigenvalue weighted by Crippen LogP contribution is 2.14. The van der Waals surface area contributed by atoms with E-state index < -0.39 is 11.9 Å². The van der Waals surface area contributed by atoms with Crippen molar-refractivity contribution in [3.8, 4) is 0 Å². The van der Waals surface area contributed by atoms with Gasteiger partial charge in [0.2, 0.25) is 5.91 Å². The summed E-state index contributed by atoms with van der Waals surface area (Å²) in [6.07, 6.45) is 1.52. The van der Waals surface area contributed by atoms with Gasteiger partial charge in [-0.25, -0.2) is 4.98 Å². The van der Waals surface area contributed by atoms with E-state index in [2.05, 4.69) is 20.9 Å². The van der Waals surface area contributed by atoms with Crippen molar-refractivity contribution in [3.05, 3.63) is 39.4 Å². The van der Waals surface area contributed by atoms with Gasteiger partial charge in [-0.3, -0.25) is 19.0 Å². The third kappa shape index (κ3) is 4.19. The van der Waals surface area contributed by atoms with E-state index in [9.17, 15) is 14.4 Å². The van der Waals surface area contributed by atoms with Crippen LogP contribution in [0, 0.1) is 5.92 Å². The maximum absolute atomic E-state index is 12.4. The van der Waals surface area contributed by atoms with Crippen LogP contribution < -0.4 is 5.56 Å². The van der Waals surface area contributed by atoms with Crippen molar-refractivity contribution in [1.82, 2.24) is 14.5 Å².